The van der Waals surface area contributed by atoms with E-state index in [2.05, 4.69) is 228 Å². The minimum atomic E-state index is 1.12. The van der Waals surface area contributed by atoms with Crippen LogP contribution >= 0.6 is 11.3 Å². The maximum atomic E-state index is 2.41. The number of anilines is 3. The van der Waals surface area contributed by atoms with Gasteiger partial charge in [-0.1, -0.05) is 146 Å². The van der Waals surface area contributed by atoms with E-state index in [-0.39, 0.29) is 0 Å². The highest BCUT2D eigenvalue weighted by Gasteiger charge is 2.16. The highest BCUT2D eigenvalue weighted by molar-refractivity contribution is 7.25. The van der Waals surface area contributed by atoms with Crippen molar-refractivity contribution in [1.82, 2.24) is 4.57 Å². The minimum absolute atomic E-state index is 1.12. The van der Waals surface area contributed by atoms with E-state index in [1.165, 1.54) is 75.4 Å². The number of hydrogen-bond donors (Lipinski definition) is 0. The molecule has 0 fully saturated rings. The molecule has 0 spiro atoms. The van der Waals surface area contributed by atoms with Crippen molar-refractivity contribution in [2.75, 3.05) is 4.90 Å². The fraction of sp³-hybridized carbons (Fsp3) is 0. The Hall–Kier alpha value is -7.20. The lowest BCUT2D eigenvalue weighted by Crippen LogP contribution is -2.09. The van der Waals surface area contributed by atoms with Gasteiger partial charge in [-0.2, -0.15) is 0 Å². The zero-order chi connectivity index (χ0) is 37.7. The summed E-state index contributed by atoms with van der Waals surface area (Å²) in [4.78, 5) is 2.30. The molecule has 0 saturated carbocycles. The summed E-state index contributed by atoms with van der Waals surface area (Å²) in [6.45, 7) is 0. The third kappa shape index (κ3) is 5.88. The summed E-state index contributed by atoms with van der Waals surface area (Å²) >= 11 is 1.87. The molecule has 2 heterocycles. The van der Waals surface area contributed by atoms with Crippen molar-refractivity contribution in [3.63, 3.8) is 0 Å². The second-order valence-electron chi connectivity index (χ2n) is 14.6. The van der Waals surface area contributed by atoms with Crippen LogP contribution in [0, 0.1) is 0 Å². The molecule has 0 N–H and O–H groups in total. The first-order valence-corrected chi connectivity index (χ1v) is 20.2. The molecule has 3 heteroatoms. The van der Waals surface area contributed by atoms with Crippen LogP contribution in [0.4, 0.5) is 17.1 Å². The molecule has 0 radical (unpaired) electrons. The van der Waals surface area contributed by atoms with Crippen LogP contribution in [-0.4, -0.2) is 4.57 Å². The zero-order valence-corrected chi connectivity index (χ0v) is 31.9. The van der Waals surface area contributed by atoms with Crippen LogP contribution in [0.1, 0.15) is 0 Å². The van der Waals surface area contributed by atoms with Gasteiger partial charge in [0.15, 0.2) is 0 Å². The average Bonchev–Trinajstić information content (AvgIpc) is 3.83. The van der Waals surface area contributed by atoms with E-state index in [9.17, 15) is 0 Å². The van der Waals surface area contributed by atoms with Crippen molar-refractivity contribution in [2.24, 2.45) is 0 Å². The Morgan fingerprint density at radius 1 is 0.298 bits per heavy atom. The van der Waals surface area contributed by atoms with E-state index in [1.54, 1.807) is 0 Å². The number of hydrogen-bond acceptors (Lipinski definition) is 2. The Balaban J connectivity index is 0.913. The van der Waals surface area contributed by atoms with Gasteiger partial charge in [0, 0.05) is 53.7 Å². The molecule has 11 rings (SSSR count). The van der Waals surface area contributed by atoms with Crippen molar-refractivity contribution < 1.29 is 0 Å². The minimum Gasteiger partial charge on any atom is -0.311 e. The van der Waals surface area contributed by atoms with Gasteiger partial charge in [0.05, 0.1) is 11.0 Å². The van der Waals surface area contributed by atoms with Gasteiger partial charge in [-0.3, -0.25) is 0 Å². The van der Waals surface area contributed by atoms with Crippen molar-refractivity contribution in [3.8, 4) is 39.1 Å². The first-order valence-electron chi connectivity index (χ1n) is 19.4. The van der Waals surface area contributed by atoms with Crippen molar-refractivity contribution in [3.05, 3.63) is 218 Å². The van der Waals surface area contributed by atoms with Gasteiger partial charge in [0.25, 0.3) is 0 Å². The first-order chi connectivity index (χ1) is 28.2. The zero-order valence-electron chi connectivity index (χ0n) is 31.1. The summed E-state index contributed by atoms with van der Waals surface area (Å²) in [5.74, 6) is 0. The first kappa shape index (κ1) is 33.2. The summed E-state index contributed by atoms with van der Waals surface area (Å²) in [6.07, 6.45) is 0. The molecular weight excluding hydrogens is 709 g/mol. The Morgan fingerprint density at radius 2 is 0.737 bits per heavy atom. The highest BCUT2D eigenvalue weighted by atomic mass is 32.1. The molecule has 57 heavy (non-hydrogen) atoms. The molecule has 0 atom stereocenters. The summed E-state index contributed by atoms with van der Waals surface area (Å²) in [6, 6.07) is 79.2. The van der Waals surface area contributed by atoms with Gasteiger partial charge in [0.2, 0.25) is 0 Å². The molecule has 2 nitrogen and oxygen atoms in total. The van der Waals surface area contributed by atoms with Gasteiger partial charge in [0.1, 0.15) is 0 Å². The lowest BCUT2D eigenvalue weighted by molar-refractivity contribution is 1.18. The lowest BCUT2D eigenvalue weighted by atomic mass is 9.99. The predicted molar refractivity (Wildman–Crippen MR) is 245 cm³/mol. The number of rotatable bonds is 7. The van der Waals surface area contributed by atoms with Crippen LogP contribution in [0.5, 0.6) is 0 Å². The van der Waals surface area contributed by atoms with E-state index < -0.39 is 0 Å². The predicted octanol–water partition coefficient (Wildman–Crippen LogP) is 15.6. The third-order valence-corrected chi connectivity index (χ3v) is 12.4. The summed E-state index contributed by atoms with van der Waals surface area (Å²) in [7, 11) is 0. The number of nitrogens with zero attached hydrogens (tertiary/aromatic N) is 2. The third-order valence-electron chi connectivity index (χ3n) is 11.2. The molecule has 0 amide bonds. The molecule has 2 aromatic heterocycles. The average molecular weight is 745 g/mol. The SMILES string of the molecule is c1ccc(N(c2ccccc2)c2ccc(-c3ccc4c5ccccc5n(-c5ccc(-c6ccc(-c7ccc8c(c7)sc7ccccc78)cc6)cc5)c4c3)cc2)cc1. The highest BCUT2D eigenvalue weighted by Crippen LogP contribution is 2.39. The summed E-state index contributed by atoms with van der Waals surface area (Å²) < 4.78 is 5.08. The van der Waals surface area contributed by atoms with Crippen LogP contribution in [0.25, 0.3) is 81.0 Å². The van der Waals surface area contributed by atoms with E-state index in [1.807, 2.05) is 11.3 Å². The van der Waals surface area contributed by atoms with Crippen LogP contribution in [0.2, 0.25) is 0 Å². The van der Waals surface area contributed by atoms with Gasteiger partial charge >= 0.3 is 0 Å². The molecule has 0 aliphatic heterocycles. The molecule has 0 aliphatic rings. The van der Waals surface area contributed by atoms with E-state index in [4.69, 9.17) is 0 Å². The molecule has 0 aliphatic carbocycles. The van der Waals surface area contributed by atoms with Crippen molar-refractivity contribution in [1.29, 1.82) is 0 Å². The molecule has 9 aromatic carbocycles. The number of aromatic nitrogens is 1. The second kappa shape index (κ2) is 13.8. The quantitative estimate of drug-likeness (QED) is 0.158. The van der Waals surface area contributed by atoms with Crippen LogP contribution in [-0.2, 0) is 0 Å². The maximum absolute atomic E-state index is 2.41. The Morgan fingerprint density at radius 3 is 1.40 bits per heavy atom. The van der Waals surface area contributed by atoms with Crippen molar-refractivity contribution >= 4 is 70.4 Å². The second-order valence-corrected chi connectivity index (χ2v) is 15.7. The van der Waals surface area contributed by atoms with E-state index >= 15 is 0 Å². The summed E-state index contributed by atoms with van der Waals surface area (Å²) in [5.41, 5.74) is 14.2. The normalized spacial score (nSPS) is 11.5. The number of thiophene rings is 1. The monoisotopic (exact) mass is 744 g/mol. The maximum Gasteiger partial charge on any atom is 0.0547 e. The van der Waals surface area contributed by atoms with Crippen LogP contribution in [0.3, 0.4) is 0 Å². The van der Waals surface area contributed by atoms with Gasteiger partial charge < -0.3 is 9.47 Å². The topological polar surface area (TPSA) is 8.17 Å². The Kier molecular flexibility index (Phi) is 8.04. The standard InChI is InChI=1S/C54H36N2S/c1-3-11-43(12-4-1)55(44-13-5-2-6-14-44)45-29-25-40(26-30-45)41-27-33-48-47-15-7-9-17-51(47)56(52(48)35-41)46-31-23-38(24-32-46)37-19-21-39(22-20-37)42-28-34-50-49-16-8-10-18-53(49)57-54(50)36-42/h1-36H. The molecular formula is C54H36N2S. The Labute approximate surface area is 335 Å². The van der Waals surface area contributed by atoms with E-state index in [0.717, 1.165) is 22.7 Å². The smallest absolute Gasteiger partial charge is 0.0547 e. The fourth-order valence-corrected chi connectivity index (χ4v) is 9.54. The number of benzene rings is 9. The molecule has 0 saturated heterocycles. The molecule has 0 bridgehead atoms. The molecule has 0 unspecified atom stereocenters. The van der Waals surface area contributed by atoms with Crippen LogP contribution < -0.4 is 4.90 Å². The number of fused-ring (bicyclic) bond motifs is 6. The van der Waals surface area contributed by atoms with Gasteiger partial charge in [-0.15, -0.1) is 11.3 Å². The number of para-hydroxylation sites is 3. The largest absolute Gasteiger partial charge is 0.311 e. The Bertz CT molecular complexity index is 3160. The molecule has 268 valence electrons. The van der Waals surface area contributed by atoms with Gasteiger partial charge in [-0.05, 0) is 106 Å². The van der Waals surface area contributed by atoms with Crippen molar-refractivity contribution in [2.45, 2.75) is 0 Å². The summed E-state index contributed by atoms with van der Waals surface area (Å²) in [5, 5.41) is 5.17. The van der Waals surface area contributed by atoms with Gasteiger partial charge in [-0.25, -0.2) is 0 Å². The van der Waals surface area contributed by atoms with E-state index in [0.29, 0.717) is 0 Å². The fourth-order valence-electron chi connectivity index (χ4n) is 8.40. The molecule has 11 aromatic rings. The van der Waals surface area contributed by atoms with Crippen LogP contribution in [0.15, 0.2) is 218 Å². The lowest BCUT2D eigenvalue weighted by Gasteiger charge is -2.25.